The zero-order valence-corrected chi connectivity index (χ0v) is 27.8. The highest BCUT2D eigenvalue weighted by Gasteiger charge is 2.59. The van der Waals surface area contributed by atoms with Crippen molar-refractivity contribution in [3.63, 3.8) is 0 Å². The summed E-state index contributed by atoms with van der Waals surface area (Å²) in [5.74, 6) is 0.244. The van der Waals surface area contributed by atoms with E-state index in [2.05, 4.69) is 27.0 Å². The van der Waals surface area contributed by atoms with Crippen LogP contribution in [0.1, 0.15) is 51.0 Å². The summed E-state index contributed by atoms with van der Waals surface area (Å²) in [4.78, 5) is 14.1. The summed E-state index contributed by atoms with van der Waals surface area (Å²) in [5, 5.41) is 16.4. The molecule has 3 aromatic carbocycles. The quantitative estimate of drug-likeness (QED) is 0.203. The van der Waals surface area contributed by atoms with Crippen molar-refractivity contribution in [2.75, 3.05) is 50.9 Å². The lowest BCUT2D eigenvalue weighted by Gasteiger charge is -2.62. The molecular formula is C37H40ClF2N5O3. The minimum absolute atomic E-state index is 0.0403. The lowest BCUT2D eigenvalue weighted by Crippen LogP contribution is -2.55. The number of anilines is 1. The minimum Gasteiger partial charge on any atom is -0.508 e. The van der Waals surface area contributed by atoms with Gasteiger partial charge in [-0.25, -0.2) is 8.78 Å². The molecule has 3 saturated heterocycles. The normalized spacial score (nSPS) is 28.1. The van der Waals surface area contributed by atoms with Gasteiger partial charge in [0.05, 0.1) is 24.8 Å². The number of benzene rings is 3. The van der Waals surface area contributed by atoms with Crippen molar-refractivity contribution in [2.45, 2.75) is 69.0 Å². The molecule has 252 valence electrons. The Kier molecular flexibility index (Phi) is 7.45. The number of hydrogen-bond donors (Lipinski definition) is 2. The molecular weight excluding hydrogens is 636 g/mol. The standard InChI is InChI=1S/C37H40ClF2N5O3/c1-20-19-47-10-8-44(20)7-2-9-48-36-42-34-27(35(43-36)45-17-23-4-5-24(18-45)41-23)13-28(38)31(33(34)40)26-12-25(46)11-22-3-6-29(39)32(30(22)26)37-14-21(15-37)16-37/h3,6,11-13,20-21,23-24,41,46H,2,4-5,7-10,14-19H2,1H3. The number of halogens is 3. The van der Waals surface area contributed by atoms with Crippen LogP contribution in [0.25, 0.3) is 32.8 Å². The maximum absolute atomic E-state index is 17.2. The van der Waals surface area contributed by atoms with Crippen molar-refractivity contribution in [1.29, 1.82) is 0 Å². The third-order valence-electron chi connectivity index (χ3n) is 11.6. The van der Waals surface area contributed by atoms with E-state index in [-0.39, 0.29) is 39.1 Å². The average Bonchev–Trinajstić information content (AvgIpc) is 3.36. The van der Waals surface area contributed by atoms with Crippen molar-refractivity contribution in [2.24, 2.45) is 5.92 Å². The molecule has 3 aliphatic heterocycles. The first-order valence-electron chi connectivity index (χ1n) is 17.4. The second-order valence-electron chi connectivity index (χ2n) is 14.8. The first kappa shape index (κ1) is 30.7. The van der Waals surface area contributed by atoms with Crippen LogP contribution in [0, 0.1) is 17.6 Å². The Morgan fingerprint density at radius 1 is 1.10 bits per heavy atom. The molecule has 0 amide bonds. The first-order valence-corrected chi connectivity index (χ1v) is 17.8. The number of rotatable bonds is 8. The Hall–Kier alpha value is -3.31. The average molecular weight is 676 g/mol. The van der Waals surface area contributed by atoms with Gasteiger partial charge in [-0.05, 0) is 97.4 Å². The Labute approximate surface area is 283 Å². The van der Waals surface area contributed by atoms with E-state index in [1.54, 1.807) is 18.2 Å². The molecule has 6 fully saturated rings. The summed E-state index contributed by atoms with van der Waals surface area (Å²) in [7, 11) is 0. The molecule has 0 radical (unpaired) electrons. The summed E-state index contributed by atoms with van der Waals surface area (Å²) >= 11 is 7.02. The number of hydrogen-bond acceptors (Lipinski definition) is 8. The summed E-state index contributed by atoms with van der Waals surface area (Å²) in [6, 6.07) is 9.09. The fraction of sp³-hybridized carbons (Fsp3) is 0.514. The molecule has 10 rings (SSSR count). The van der Waals surface area contributed by atoms with Gasteiger partial charge >= 0.3 is 6.01 Å². The van der Waals surface area contributed by atoms with Gasteiger partial charge in [0.2, 0.25) is 0 Å². The molecule has 1 aromatic heterocycles. The van der Waals surface area contributed by atoms with Crippen molar-refractivity contribution in [3.8, 4) is 22.9 Å². The van der Waals surface area contributed by atoms with Gasteiger partial charge < -0.3 is 24.8 Å². The predicted molar refractivity (Wildman–Crippen MR) is 182 cm³/mol. The van der Waals surface area contributed by atoms with Crippen LogP contribution in [0.3, 0.4) is 0 Å². The zero-order valence-electron chi connectivity index (χ0n) is 27.1. The zero-order chi connectivity index (χ0) is 32.7. The van der Waals surface area contributed by atoms with Crippen LogP contribution in [0.4, 0.5) is 14.6 Å². The van der Waals surface area contributed by atoms with E-state index < -0.39 is 5.82 Å². The third kappa shape index (κ3) is 5.01. The van der Waals surface area contributed by atoms with Crippen molar-refractivity contribution in [1.82, 2.24) is 20.2 Å². The summed E-state index contributed by atoms with van der Waals surface area (Å²) in [6.07, 6.45) is 5.69. The molecule has 3 unspecified atom stereocenters. The highest BCUT2D eigenvalue weighted by molar-refractivity contribution is 6.35. The van der Waals surface area contributed by atoms with Gasteiger partial charge in [0.25, 0.3) is 0 Å². The van der Waals surface area contributed by atoms with E-state index in [4.69, 9.17) is 26.1 Å². The van der Waals surface area contributed by atoms with E-state index in [9.17, 15) is 5.11 Å². The Balaban J connectivity index is 1.15. The van der Waals surface area contributed by atoms with E-state index in [1.807, 2.05) is 0 Å². The van der Waals surface area contributed by atoms with Gasteiger partial charge in [-0.2, -0.15) is 9.97 Å². The summed E-state index contributed by atoms with van der Waals surface area (Å²) in [6.45, 7) is 7.20. The Morgan fingerprint density at radius 3 is 2.62 bits per heavy atom. The predicted octanol–water partition coefficient (Wildman–Crippen LogP) is 6.57. The number of nitrogens with zero attached hydrogens (tertiary/aromatic N) is 4. The van der Waals surface area contributed by atoms with Gasteiger partial charge in [-0.1, -0.05) is 17.7 Å². The highest BCUT2D eigenvalue weighted by Crippen LogP contribution is 2.67. The monoisotopic (exact) mass is 675 g/mol. The van der Waals surface area contributed by atoms with Crippen LogP contribution in [0.2, 0.25) is 5.02 Å². The van der Waals surface area contributed by atoms with E-state index in [0.29, 0.717) is 63.8 Å². The molecule has 4 bridgehead atoms. The van der Waals surface area contributed by atoms with Gasteiger partial charge in [-0.3, -0.25) is 4.90 Å². The number of piperazine rings is 1. The number of nitrogens with one attached hydrogen (secondary N) is 1. The van der Waals surface area contributed by atoms with E-state index >= 15 is 8.78 Å². The number of morpholine rings is 1. The van der Waals surface area contributed by atoms with Crippen LogP contribution in [-0.2, 0) is 10.2 Å². The van der Waals surface area contributed by atoms with Gasteiger partial charge in [0, 0.05) is 60.8 Å². The number of phenols is 1. The molecule has 0 spiro atoms. The minimum atomic E-state index is -0.633. The molecule has 11 heteroatoms. The van der Waals surface area contributed by atoms with Gasteiger partial charge in [0.1, 0.15) is 22.9 Å². The fourth-order valence-electron chi connectivity index (χ4n) is 9.13. The first-order chi connectivity index (χ1) is 23.3. The number of ether oxygens (including phenoxy) is 2. The smallest absolute Gasteiger partial charge is 0.319 e. The summed E-state index contributed by atoms with van der Waals surface area (Å²) < 4.78 is 44.7. The number of aromatic hydroxyl groups is 1. The van der Waals surface area contributed by atoms with Crippen molar-refractivity contribution >= 4 is 39.1 Å². The lowest BCUT2D eigenvalue weighted by atomic mass is 9.42. The maximum atomic E-state index is 17.2. The molecule has 4 heterocycles. The van der Waals surface area contributed by atoms with Crippen LogP contribution in [0.5, 0.6) is 11.8 Å². The highest BCUT2D eigenvalue weighted by atomic mass is 35.5. The number of phenolic OH excluding ortho intramolecular Hbond substituents is 1. The number of fused-ring (bicyclic) bond motifs is 4. The van der Waals surface area contributed by atoms with Crippen LogP contribution in [0.15, 0.2) is 30.3 Å². The Morgan fingerprint density at radius 2 is 1.90 bits per heavy atom. The van der Waals surface area contributed by atoms with Crippen LogP contribution >= 0.6 is 11.6 Å². The maximum Gasteiger partial charge on any atom is 0.319 e. The van der Waals surface area contributed by atoms with Crippen LogP contribution < -0.4 is 15.0 Å². The molecule has 3 atom stereocenters. The van der Waals surface area contributed by atoms with E-state index in [0.717, 1.165) is 77.9 Å². The van der Waals surface area contributed by atoms with Crippen molar-refractivity contribution in [3.05, 3.63) is 52.6 Å². The summed E-state index contributed by atoms with van der Waals surface area (Å²) in [5.41, 5.74) is 0.918. The molecule has 4 aromatic rings. The fourth-order valence-corrected chi connectivity index (χ4v) is 9.43. The lowest BCUT2D eigenvalue weighted by molar-refractivity contribution is -0.0287. The second kappa shape index (κ2) is 11.6. The van der Waals surface area contributed by atoms with Gasteiger partial charge in [0.15, 0.2) is 5.82 Å². The molecule has 2 N–H and O–H groups in total. The second-order valence-corrected chi connectivity index (χ2v) is 15.2. The van der Waals surface area contributed by atoms with Crippen LogP contribution in [-0.4, -0.2) is 84.1 Å². The molecule has 8 nitrogen and oxygen atoms in total. The van der Waals surface area contributed by atoms with Gasteiger partial charge in [-0.15, -0.1) is 0 Å². The molecule has 48 heavy (non-hydrogen) atoms. The molecule has 3 aliphatic carbocycles. The molecule has 3 saturated carbocycles. The topological polar surface area (TPSA) is 83.0 Å². The molecule has 6 aliphatic rings. The Bertz CT molecular complexity index is 1910. The third-order valence-corrected chi connectivity index (χ3v) is 11.9. The SMILES string of the molecule is CC1COCCN1CCCOc1nc(N2CC3CCC(C2)N3)c2cc(Cl)c(-c3cc(O)cc4ccc(F)c(C56CC(C5)C6)c34)c(F)c2n1. The van der Waals surface area contributed by atoms with E-state index in [1.165, 1.54) is 12.1 Å². The number of aromatic nitrogens is 2. The van der Waals surface area contributed by atoms with Crippen molar-refractivity contribution < 1.29 is 23.4 Å². The largest absolute Gasteiger partial charge is 0.508 e.